The molecule has 0 bridgehead atoms. The molecule has 1 aromatic rings. The van der Waals surface area contributed by atoms with Gasteiger partial charge in [-0.1, -0.05) is 18.2 Å². The van der Waals surface area contributed by atoms with Crippen molar-refractivity contribution in [3.05, 3.63) is 29.8 Å². The minimum atomic E-state index is -0.375. The highest BCUT2D eigenvalue weighted by atomic mass is 16.2. The second kappa shape index (κ2) is 5.76. The van der Waals surface area contributed by atoms with Crippen LogP contribution in [0.2, 0.25) is 0 Å². The molecular formula is C16H21N3O2. The first-order chi connectivity index (χ1) is 10.1. The lowest BCUT2D eigenvalue weighted by atomic mass is 10.00. The fourth-order valence-corrected chi connectivity index (χ4v) is 2.77. The summed E-state index contributed by atoms with van der Waals surface area (Å²) in [5, 5.41) is 5.22. The van der Waals surface area contributed by atoms with Crippen molar-refractivity contribution in [1.29, 1.82) is 0 Å². The number of carbonyl (C=O) groups excluding carboxylic acids is 2. The van der Waals surface area contributed by atoms with Crippen molar-refractivity contribution >= 4 is 17.6 Å². The second-order valence-corrected chi connectivity index (χ2v) is 5.84. The van der Waals surface area contributed by atoms with E-state index in [2.05, 4.69) is 21.6 Å². The highest BCUT2D eigenvalue weighted by molar-refractivity contribution is 5.98. The van der Waals surface area contributed by atoms with Crippen molar-refractivity contribution in [3.63, 3.8) is 0 Å². The Labute approximate surface area is 124 Å². The lowest BCUT2D eigenvalue weighted by molar-refractivity contribution is -0.121. The van der Waals surface area contributed by atoms with Crippen molar-refractivity contribution in [2.45, 2.75) is 44.7 Å². The normalized spacial score (nSPS) is 18.6. The van der Waals surface area contributed by atoms with Crippen LogP contribution in [0.5, 0.6) is 0 Å². The number of anilines is 1. The molecule has 1 unspecified atom stereocenters. The van der Waals surface area contributed by atoms with Crippen LogP contribution in [0.15, 0.2) is 24.3 Å². The molecule has 0 spiro atoms. The molecule has 2 aliphatic rings. The Bertz CT molecular complexity index is 554. The van der Waals surface area contributed by atoms with Crippen LogP contribution in [-0.2, 0) is 11.2 Å². The smallest absolute Gasteiger partial charge is 0.321 e. The number of aryl methyl sites for hydroxylation is 1. The van der Waals surface area contributed by atoms with Crippen LogP contribution in [0.1, 0.15) is 31.7 Å². The molecule has 1 aliphatic heterocycles. The maximum atomic E-state index is 12.3. The highest BCUT2D eigenvalue weighted by Crippen LogP contribution is 2.28. The average molecular weight is 287 g/mol. The minimum absolute atomic E-state index is 0.246. The molecule has 1 atom stereocenters. The summed E-state index contributed by atoms with van der Waals surface area (Å²) >= 11 is 0. The molecule has 0 saturated heterocycles. The monoisotopic (exact) mass is 287 g/mol. The van der Waals surface area contributed by atoms with Gasteiger partial charge in [0.25, 0.3) is 0 Å². The predicted molar refractivity (Wildman–Crippen MR) is 81.3 cm³/mol. The standard InChI is InChI=1S/C16H21N3O2/c1-11(15(20)18-16(21)17-13-8-9-13)19-10-4-6-12-5-2-3-7-14(12)19/h2-3,5,7,11,13H,4,6,8-10H2,1H3,(H2,17,18,20,21). The Morgan fingerprint density at radius 3 is 2.81 bits per heavy atom. The summed E-state index contributed by atoms with van der Waals surface area (Å²) in [6.45, 7) is 2.69. The Morgan fingerprint density at radius 2 is 2.05 bits per heavy atom. The molecule has 5 nitrogen and oxygen atoms in total. The van der Waals surface area contributed by atoms with E-state index in [9.17, 15) is 9.59 Å². The summed E-state index contributed by atoms with van der Waals surface area (Å²) < 4.78 is 0. The summed E-state index contributed by atoms with van der Waals surface area (Å²) in [6, 6.07) is 7.69. The van der Waals surface area contributed by atoms with E-state index < -0.39 is 0 Å². The maximum absolute atomic E-state index is 12.3. The van der Waals surface area contributed by atoms with Gasteiger partial charge in [-0.2, -0.15) is 0 Å². The number of amides is 3. The van der Waals surface area contributed by atoms with E-state index in [1.165, 1.54) is 5.56 Å². The largest absolute Gasteiger partial charge is 0.360 e. The van der Waals surface area contributed by atoms with Crippen molar-refractivity contribution in [2.24, 2.45) is 0 Å². The van der Waals surface area contributed by atoms with E-state index in [0.29, 0.717) is 0 Å². The predicted octanol–water partition coefficient (Wildman–Crippen LogP) is 1.82. The van der Waals surface area contributed by atoms with E-state index in [0.717, 1.165) is 37.9 Å². The summed E-state index contributed by atoms with van der Waals surface area (Å²) in [7, 11) is 0. The maximum Gasteiger partial charge on any atom is 0.321 e. The van der Waals surface area contributed by atoms with E-state index >= 15 is 0 Å². The van der Waals surface area contributed by atoms with Crippen molar-refractivity contribution < 1.29 is 9.59 Å². The number of hydrogen-bond donors (Lipinski definition) is 2. The molecule has 3 rings (SSSR count). The van der Waals surface area contributed by atoms with Crippen molar-refractivity contribution in [2.75, 3.05) is 11.4 Å². The van der Waals surface area contributed by atoms with Gasteiger partial charge >= 0.3 is 6.03 Å². The Morgan fingerprint density at radius 1 is 1.29 bits per heavy atom. The zero-order valence-electron chi connectivity index (χ0n) is 12.3. The molecule has 1 heterocycles. The first-order valence-corrected chi connectivity index (χ1v) is 7.61. The molecule has 1 fully saturated rings. The Hall–Kier alpha value is -2.04. The van der Waals surface area contributed by atoms with Crippen LogP contribution in [0.4, 0.5) is 10.5 Å². The summed E-state index contributed by atoms with van der Waals surface area (Å²) in [6.07, 6.45) is 4.10. The number of nitrogens with zero attached hydrogens (tertiary/aromatic N) is 1. The number of rotatable bonds is 3. The van der Waals surface area contributed by atoms with E-state index in [1.54, 1.807) is 0 Å². The van der Waals surface area contributed by atoms with Crippen LogP contribution in [0.3, 0.4) is 0 Å². The molecule has 21 heavy (non-hydrogen) atoms. The summed E-state index contributed by atoms with van der Waals surface area (Å²) in [5.74, 6) is -0.246. The SMILES string of the molecule is CC(C(=O)NC(=O)NC1CC1)N1CCCc2ccccc21. The number of benzene rings is 1. The van der Waals surface area contributed by atoms with Crippen LogP contribution < -0.4 is 15.5 Å². The van der Waals surface area contributed by atoms with Crippen molar-refractivity contribution in [3.8, 4) is 0 Å². The van der Waals surface area contributed by atoms with Crippen LogP contribution in [-0.4, -0.2) is 30.6 Å². The highest BCUT2D eigenvalue weighted by Gasteiger charge is 2.28. The summed E-state index contributed by atoms with van der Waals surface area (Å²) in [4.78, 5) is 26.0. The van der Waals surface area contributed by atoms with Gasteiger partial charge in [-0.3, -0.25) is 10.1 Å². The zero-order chi connectivity index (χ0) is 14.8. The second-order valence-electron chi connectivity index (χ2n) is 5.84. The molecule has 0 aromatic heterocycles. The van der Waals surface area contributed by atoms with Gasteiger partial charge in [0.05, 0.1) is 0 Å². The fraction of sp³-hybridized carbons (Fsp3) is 0.500. The van der Waals surface area contributed by atoms with Crippen LogP contribution in [0.25, 0.3) is 0 Å². The molecule has 112 valence electrons. The third kappa shape index (κ3) is 3.17. The number of carbonyl (C=O) groups is 2. The third-order valence-corrected chi connectivity index (χ3v) is 4.14. The molecule has 5 heteroatoms. The van der Waals surface area contributed by atoms with E-state index in [4.69, 9.17) is 0 Å². The Kier molecular flexibility index (Phi) is 3.82. The summed E-state index contributed by atoms with van der Waals surface area (Å²) in [5.41, 5.74) is 2.37. The topological polar surface area (TPSA) is 61.4 Å². The number of fused-ring (bicyclic) bond motifs is 1. The fourth-order valence-electron chi connectivity index (χ4n) is 2.77. The first kappa shape index (κ1) is 13.9. The quantitative estimate of drug-likeness (QED) is 0.891. The van der Waals surface area contributed by atoms with Crippen LogP contribution >= 0.6 is 0 Å². The lowest BCUT2D eigenvalue weighted by Crippen LogP contribution is -2.51. The minimum Gasteiger partial charge on any atom is -0.360 e. The zero-order valence-corrected chi connectivity index (χ0v) is 12.3. The van der Waals surface area contributed by atoms with Crippen molar-refractivity contribution in [1.82, 2.24) is 10.6 Å². The van der Waals surface area contributed by atoms with E-state index in [-0.39, 0.29) is 24.0 Å². The van der Waals surface area contributed by atoms with Gasteiger partial charge in [0.15, 0.2) is 0 Å². The number of imide groups is 1. The molecule has 1 aliphatic carbocycles. The van der Waals surface area contributed by atoms with E-state index in [1.807, 2.05) is 25.1 Å². The molecular weight excluding hydrogens is 266 g/mol. The van der Waals surface area contributed by atoms with Gasteiger partial charge in [0, 0.05) is 18.3 Å². The molecule has 0 radical (unpaired) electrons. The number of hydrogen-bond acceptors (Lipinski definition) is 3. The molecule has 1 saturated carbocycles. The number of urea groups is 1. The Balaban J connectivity index is 1.65. The van der Waals surface area contributed by atoms with Gasteiger partial charge in [-0.15, -0.1) is 0 Å². The first-order valence-electron chi connectivity index (χ1n) is 7.61. The van der Waals surface area contributed by atoms with Gasteiger partial charge in [-0.25, -0.2) is 4.79 Å². The number of nitrogens with one attached hydrogen (secondary N) is 2. The molecule has 1 aromatic carbocycles. The molecule has 2 N–H and O–H groups in total. The lowest BCUT2D eigenvalue weighted by Gasteiger charge is -2.35. The van der Waals surface area contributed by atoms with Gasteiger partial charge < -0.3 is 10.2 Å². The molecule has 3 amide bonds. The van der Waals surface area contributed by atoms with Gasteiger partial charge in [0.1, 0.15) is 6.04 Å². The van der Waals surface area contributed by atoms with Gasteiger partial charge in [0.2, 0.25) is 5.91 Å². The average Bonchev–Trinajstić information content (AvgIpc) is 3.29. The third-order valence-electron chi connectivity index (χ3n) is 4.14. The van der Waals surface area contributed by atoms with Gasteiger partial charge in [-0.05, 0) is 44.2 Å². The number of para-hydroxylation sites is 1. The van der Waals surface area contributed by atoms with Crippen LogP contribution in [0, 0.1) is 0 Å².